The van der Waals surface area contributed by atoms with Crippen molar-refractivity contribution in [2.24, 2.45) is 12.0 Å². The van der Waals surface area contributed by atoms with Crippen molar-refractivity contribution in [1.29, 1.82) is 0 Å². The number of rotatable bonds is 9. The van der Waals surface area contributed by atoms with Gasteiger partial charge in [-0.3, -0.25) is 9.67 Å². The van der Waals surface area contributed by atoms with Gasteiger partial charge >= 0.3 is 0 Å². The standard InChI is InChI=1S/C18H27BrN6S.HI/c1-4-20-18(24(2)13-17-22-14-23-25(17)3)21-11-7-8-12-26-16-10-6-5-9-15(16)19;/h5-6,9-10,14H,4,7-8,11-13H2,1-3H3,(H,20,21);1H. The van der Waals surface area contributed by atoms with Crippen LogP contribution in [0.25, 0.3) is 0 Å². The van der Waals surface area contributed by atoms with Crippen molar-refractivity contribution >= 4 is 57.6 Å². The second-order valence-corrected chi connectivity index (χ2v) is 7.87. The Morgan fingerprint density at radius 2 is 2.11 bits per heavy atom. The summed E-state index contributed by atoms with van der Waals surface area (Å²) in [7, 11) is 3.93. The van der Waals surface area contributed by atoms with E-state index in [0.29, 0.717) is 6.54 Å². The van der Waals surface area contributed by atoms with Crippen LogP contribution in [0.5, 0.6) is 0 Å². The molecular formula is C18H28BrIN6S. The largest absolute Gasteiger partial charge is 0.357 e. The molecule has 27 heavy (non-hydrogen) atoms. The smallest absolute Gasteiger partial charge is 0.194 e. The number of benzene rings is 1. The Balaban J connectivity index is 0.00000364. The molecule has 150 valence electrons. The van der Waals surface area contributed by atoms with Crippen LogP contribution in [0.15, 0.2) is 45.0 Å². The fraction of sp³-hybridized carbons (Fsp3) is 0.500. The van der Waals surface area contributed by atoms with Gasteiger partial charge in [-0.1, -0.05) is 12.1 Å². The third-order valence-corrected chi connectivity index (χ3v) is 5.90. The van der Waals surface area contributed by atoms with Crippen LogP contribution in [0.4, 0.5) is 0 Å². The highest BCUT2D eigenvalue weighted by Gasteiger charge is 2.09. The van der Waals surface area contributed by atoms with Gasteiger partial charge in [-0.2, -0.15) is 5.10 Å². The third kappa shape index (κ3) is 8.39. The van der Waals surface area contributed by atoms with Crippen LogP contribution in [0.2, 0.25) is 0 Å². The highest BCUT2D eigenvalue weighted by atomic mass is 127. The van der Waals surface area contributed by atoms with Gasteiger partial charge in [-0.25, -0.2) is 4.98 Å². The fourth-order valence-corrected chi connectivity index (χ4v) is 3.94. The molecule has 0 unspecified atom stereocenters. The molecule has 0 aliphatic heterocycles. The van der Waals surface area contributed by atoms with Gasteiger partial charge in [0.15, 0.2) is 5.96 Å². The van der Waals surface area contributed by atoms with Gasteiger partial charge in [0.25, 0.3) is 0 Å². The van der Waals surface area contributed by atoms with Crippen molar-refractivity contribution in [2.45, 2.75) is 31.2 Å². The first-order valence-corrected chi connectivity index (χ1v) is 10.6. The number of nitrogens with one attached hydrogen (secondary N) is 1. The molecule has 0 atom stereocenters. The minimum atomic E-state index is 0. The number of aliphatic imine (C=N–C) groups is 1. The minimum absolute atomic E-state index is 0. The number of hydrogen-bond donors (Lipinski definition) is 1. The van der Waals surface area contributed by atoms with Gasteiger partial charge in [0.1, 0.15) is 12.2 Å². The zero-order chi connectivity index (χ0) is 18.8. The molecule has 0 radical (unpaired) electrons. The summed E-state index contributed by atoms with van der Waals surface area (Å²) in [6, 6.07) is 8.36. The number of halogens is 2. The Morgan fingerprint density at radius 1 is 1.33 bits per heavy atom. The Hall–Kier alpha value is -0.810. The molecule has 2 rings (SSSR count). The van der Waals surface area contributed by atoms with Gasteiger partial charge in [0.2, 0.25) is 0 Å². The quantitative estimate of drug-likeness (QED) is 0.162. The lowest BCUT2D eigenvalue weighted by Crippen LogP contribution is -2.39. The molecule has 1 N–H and O–H groups in total. The summed E-state index contributed by atoms with van der Waals surface area (Å²) in [5, 5.41) is 7.46. The second kappa shape index (κ2) is 13.4. The average molecular weight is 567 g/mol. The maximum Gasteiger partial charge on any atom is 0.194 e. The molecule has 6 nitrogen and oxygen atoms in total. The first-order chi connectivity index (χ1) is 12.6. The van der Waals surface area contributed by atoms with Crippen molar-refractivity contribution in [1.82, 2.24) is 25.0 Å². The molecule has 0 bridgehead atoms. The lowest BCUT2D eigenvalue weighted by Gasteiger charge is -2.21. The number of aromatic nitrogens is 3. The van der Waals surface area contributed by atoms with E-state index in [1.165, 1.54) is 9.37 Å². The van der Waals surface area contributed by atoms with E-state index in [1.54, 1.807) is 11.0 Å². The molecule has 1 heterocycles. The van der Waals surface area contributed by atoms with Gasteiger partial charge in [-0.15, -0.1) is 35.7 Å². The van der Waals surface area contributed by atoms with Crippen molar-refractivity contribution in [3.63, 3.8) is 0 Å². The maximum atomic E-state index is 4.74. The van der Waals surface area contributed by atoms with E-state index < -0.39 is 0 Å². The van der Waals surface area contributed by atoms with E-state index in [4.69, 9.17) is 4.99 Å². The van der Waals surface area contributed by atoms with Crippen molar-refractivity contribution in [3.8, 4) is 0 Å². The summed E-state index contributed by atoms with van der Waals surface area (Å²) in [5.41, 5.74) is 0. The van der Waals surface area contributed by atoms with Crippen LogP contribution < -0.4 is 5.32 Å². The van der Waals surface area contributed by atoms with Crippen LogP contribution in [0.1, 0.15) is 25.6 Å². The predicted molar refractivity (Wildman–Crippen MR) is 128 cm³/mol. The third-order valence-electron chi connectivity index (χ3n) is 3.79. The summed E-state index contributed by atoms with van der Waals surface area (Å²) >= 11 is 5.48. The zero-order valence-corrected chi connectivity index (χ0v) is 20.8. The van der Waals surface area contributed by atoms with Crippen LogP contribution in [0, 0.1) is 0 Å². The highest BCUT2D eigenvalue weighted by molar-refractivity contribution is 14.0. The Kier molecular flexibility index (Phi) is 12.0. The Morgan fingerprint density at radius 3 is 2.78 bits per heavy atom. The molecule has 0 aliphatic rings. The first kappa shape index (κ1) is 24.2. The molecule has 0 amide bonds. The number of hydrogen-bond acceptors (Lipinski definition) is 4. The average Bonchev–Trinajstić information content (AvgIpc) is 3.03. The number of thioether (sulfide) groups is 1. The second-order valence-electron chi connectivity index (χ2n) is 5.88. The predicted octanol–water partition coefficient (Wildman–Crippen LogP) is 4.17. The normalized spacial score (nSPS) is 11.2. The molecule has 1 aromatic heterocycles. The van der Waals surface area contributed by atoms with Gasteiger partial charge in [-0.05, 0) is 53.6 Å². The molecule has 1 aromatic carbocycles. The van der Waals surface area contributed by atoms with E-state index in [2.05, 4.69) is 61.4 Å². The highest BCUT2D eigenvalue weighted by Crippen LogP contribution is 2.27. The lowest BCUT2D eigenvalue weighted by atomic mass is 10.3. The fourth-order valence-electron chi connectivity index (χ4n) is 2.36. The Bertz CT molecular complexity index is 709. The SMILES string of the molecule is CCNC(=NCCCCSc1ccccc1Br)N(C)Cc1ncnn1C.I. The zero-order valence-electron chi connectivity index (χ0n) is 16.1. The topological polar surface area (TPSA) is 58.3 Å². The van der Waals surface area contributed by atoms with Crippen molar-refractivity contribution < 1.29 is 0 Å². The lowest BCUT2D eigenvalue weighted by molar-refractivity contribution is 0.448. The number of guanidine groups is 1. The molecule has 0 fully saturated rings. The molecule has 2 aromatic rings. The van der Waals surface area contributed by atoms with E-state index in [9.17, 15) is 0 Å². The van der Waals surface area contributed by atoms with Gasteiger partial charge in [0.05, 0.1) is 6.54 Å². The summed E-state index contributed by atoms with van der Waals surface area (Å²) in [6.45, 7) is 4.43. The maximum absolute atomic E-state index is 4.74. The van der Waals surface area contributed by atoms with E-state index in [1.807, 2.05) is 31.9 Å². The molecule has 0 spiro atoms. The van der Waals surface area contributed by atoms with Gasteiger partial charge < -0.3 is 10.2 Å². The summed E-state index contributed by atoms with van der Waals surface area (Å²) in [5.74, 6) is 2.93. The van der Waals surface area contributed by atoms with E-state index in [-0.39, 0.29) is 24.0 Å². The van der Waals surface area contributed by atoms with E-state index in [0.717, 1.165) is 43.5 Å². The summed E-state index contributed by atoms with van der Waals surface area (Å²) in [6.07, 6.45) is 3.79. The van der Waals surface area contributed by atoms with Crippen molar-refractivity contribution in [3.05, 3.63) is 40.9 Å². The minimum Gasteiger partial charge on any atom is -0.357 e. The number of unbranched alkanes of at least 4 members (excludes halogenated alkanes) is 1. The van der Waals surface area contributed by atoms with Crippen LogP contribution in [-0.2, 0) is 13.6 Å². The van der Waals surface area contributed by atoms with Crippen LogP contribution in [0.3, 0.4) is 0 Å². The molecule has 0 aliphatic carbocycles. The van der Waals surface area contributed by atoms with Gasteiger partial charge in [0, 0.05) is 36.6 Å². The van der Waals surface area contributed by atoms with Crippen LogP contribution >= 0.6 is 51.7 Å². The molecular weight excluding hydrogens is 539 g/mol. The summed E-state index contributed by atoms with van der Waals surface area (Å²) < 4.78 is 2.96. The van der Waals surface area contributed by atoms with Crippen LogP contribution in [-0.4, -0.2) is 51.5 Å². The number of nitrogens with zero attached hydrogens (tertiary/aromatic N) is 5. The first-order valence-electron chi connectivity index (χ1n) is 8.81. The monoisotopic (exact) mass is 566 g/mol. The number of aryl methyl sites for hydroxylation is 1. The van der Waals surface area contributed by atoms with E-state index >= 15 is 0 Å². The molecule has 0 saturated carbocycles. The Labute approximate surface area is 191 Å². The van der Waals surface area contributed by atoms with Crippen molar-refractivity contribution in [2.75, 3.05) is 25.9 Å². The molecule has 0 saturated heterocycles. The molecule has 9 heteroatoms. The summed E-state index contributed by atoms with van der Waals surface area (Å²) in [4.78, 5) is 12.4.